The van der Waals surface area contributed by atoms with Crippen LogP contribution in [0.25, 0.3) is 22.2 Å². The van der Waals surface area contributed by atoms with Crippen LogP contribution in [0.1, 0.15) is 36.0 Å². The maximum Gasteiger partial charge on any atom is 0.340 e. The summed E-state index contributed by atoms with van der Waals surface area (Å²) >= 11 is 0. The molecule has 3 aromatic rings. The van der Waals surface area contributed by atoms with Crippen molar-refractivity contribution in [2.24, 2.45) is 5.92 Å². The van der Waals surface area contributed by atoms with Gasteiger partial charge in [0.25, 0.3) is 0 Å². The Morgan fingerprint density at radius 1 is 1.21 bits per heavy atom. The molecule has 9 heteroatoms. The standard InChI is InChI=1S/C24H24N4O5/c1-32-19-10-14(28-9-3-4-20(28)29)7-8-15(19)18-11-16-17(24(31)33-2)12-25-22(21(16)26-18)27-23(30)13-5-6-13/h7-8,10-13,26H,3-6,9H2,1-2H3,(H,25,27,30). The van der Waals surface area contributed by atoms with Crippen LogP contribution in [0.15, 0.2) is 30.5 Å². The Morgan fingerprint density at radius 2 is 2.03 bits per heavy atom. The number of methoxy groups -OCH3 is 2. The average Bonchev–Trinajstić information content (AvgIpc) is 3.45. The minimum Gasteiger partial charge on any atom is -0.496 e. The van der Waals surface area contributed by atoms with E-state index in [1.54, 1.807) is 12.0 Å². The number of anilines is 2. The Balaban J connectivity index is 1.59. The third-order valence-electron chi connectivity index (χ3n) is 6.12. The molecular formula is C24H24N4O5. The number of aromatic amines is 1. The highest BCUT2D eigenvalue weighted by Crippen LogP contribution is 2.38. The molecule has 1 aromatic carbocycles. The van der Waals surface area contributed by atoms with E-state index in [1.165, 1.54) is 13.3 Å². The lowest BCUT2D eigenvalue weighted by molar-refractivity contribution is -0.118. The number of carbonyl (C=O) groups excluding carboxylic acids is 3. The smallest absolute Gasteiger partial charge is 0.340 e. The highest BCUT2D eigenvalue weighted by atomic mass is 16.5. The molecule has 1 aliphatic carbocycles. The molecule has 0 bridgehead atoms. The normalized spacial score (nSPS) is 15.7. The largest absolute Gasteiger partial charge is 0.496 e. The van der Waals surface area contributed by atoms with Crippen LogP contribution in [0.2, 0.25) is 0 Å². The second kappa shape index (κ2) is 8.23. The highest BCUT2D eigenvalue weighted by Gasteiger charge is 2.31. The summed E-state index contributed by atoms with van der Waals surface area (Å²) in [5, 5.41) is 3.45. The van der Waals surface area contributed by atoms with Gasteiger partial charge in [-0.05, 0) is 37.5 Å². The molecule has 2 N–H and O–H groups in total. The molecule has 33 heavy (non-hydrogen) atoms. The van der Waals surface area contributed by atoms with Crippen LogP contribution in [0.4, 0.5) is 11.5 Å². The number of hydrogen-bond donors (Lipinski definition) is 2. The number of amides is 2. The quantitative estimate of drug-likeness (QED) is 0.558. The third-order valence-corrected chi connectivity index (χ3v) is 6.12. The number of esters is 1. The Morgan fingerprint density at radius 3 is 2.70 bits per heavy atom. The van der Waals surface area contributed by atoms with E-state index in [2.05, 4.69) is 15.3 Å². The molecule has 2 amide bonds. The monoisotopic (exact) mass is 448 g/mol. The van der Waals surface area contributed by atoms with Crippen LogP contribution in [0.3, 0.4) is 0 Å². The third kappa shape index (κ3) is 3.79. The number of fused-ring (bicyclic) bond motifs is 1. The SMILES string of the molecule is COC(=O)c1cnc(NC(=O)C2CC2)c2[nH]c(-c3ccc(N4CCCC4=O)cc3OC)cc12. The molecule has 0 radical (unpaired) electrons. The molecule has 0 atom stereocenters. The van der Waals surface area contributed by atoms with Gasteiger partial charge in [-0.1, -0.05) is 0 Å². The van der Waals surface area contributed by atoms with E-state index in [9.17, 15) is 14.4 Å². The number of rotatable bonds is 6. The van der Waals surface area contributed by atoms with Gasteiger partial charge in [0.1, 0.15) is 5.75 Å². The maximum absolute atomic E-state index is 12.4. The van der Waals surface area contributed by atoms with Crippen LogP contribution < -0.4 is 15.0 Å². The number of H-pyrrole nitrogens is 1. The second-order valence-electron chi connectivity index (χ2n) is 8.28. The molecule has 0 unspecified atom stereocenters. The van der Waals surface area contributed by atoms with Crippen molar-refractivity contribution in [3.63, 3.8) is 0 Å². The number of carbonyl (C=O) groups is 3. The van der Waals surface area contributed by atoms with E-state index in [1.807, 2.05) is 24.3 Å². The first-order chi connectivity index (χ1) is 16.0. The zero-order valence-corrected chi connectivity index (χ0v) is 18.4. The van der Waals surface area contributed by atoms with Crippen molar-refractivity contribution < 1.29 is 23.9 Å². The number of pyridine rings is 1. The second-order valence-corrected chi connectivity index (χ2v) is 8.28. The summed E-state index contributed by atoms with van der Waals surface area (Å²) < 4.78 is 10.5. The van der Waals surface area contributed by atoms with Gasteiger partial charge in [0, 0.05) is 47.8 Å². The fraction of sp³-hybridized carbons (Fsp3) is 0.333. The topological polar surface area (TPSA) is 114 Å². The van der Waals surface area contributed by atoms with Gasteiger partial charge in [-0.15, -0.1) is 0 Å². The molecule has 1 saturated carbocycles. The van der Waals surface area contributed by atoms with E-state index in [0.29, 0.717) is 41.1 Å². The Bertz CT molecular complexity index is 1280. The molecule has 170 valence electrons. The minimum atomic E-state index is -0.520. The molecule has 1 aliphatic heterocycles. The van der Waals surface area contributed by atoms with Gasteiger partial charge in [0.2, 0.25) is 11.8 Å². The van der Waals surface area contributed by atoms with E-state index in [4.69, 9.17) is 9.47 Å². The molecule has 2 aromatic heterocycles. The number of nitrogens with one attached hydrogen (secondary N) is 2. The Labute approximate surface area is 190 Å². The van der Waals surface area contributed by atoms with Gasteiger partial charge in [-0.25, -0.2) is 9.78 Å². The van der Waals surface area contributed by atoms with Gasteiger partial charge in [-0.3, -0.25) is 9.59 Å². The van der Waals surface area contributed by atoms with Crippen molar-refractivity contribution >= 4 is 40.2 Å². The fourth-order valence-electron chi connectivity index (χ4n) is 4.19. The molecular weight excluding hydrogens is 424 g/mol. The molecule has 0 spiro atoms. The average molecular weight is 448 g/mol. The van der Waals surface area contributed by atoms with E-state index in [-0.39, 0.29) is 23.3 Å². The lowest BCUT2D eigenvalue weighted by atomic mass is 10.1. The summed E-state index contributed by atoms with van der Waals surface area (Å²) in [7, 11) is 2.88. The van der Waals surface area contributed by atoms with Crippen LogP contribution in [0, 0.1) is 5.92 Å². The summed E-state index contributed by atoms with van der Waals surface area (Å²) in [5.74, 6) is 0.447. The highest BCUT2D eigenvalue weighted by molar-refractivity contribution is 6.10. The lowest BCUT2D eigenvalue weighted by Gasteiger charge is -2.18. The van der Waals surface area contributed by atoms with Crippen LogP contribution in [-0.2, 0) is 14.3 Å². The van der Waals surface area contributed by atoms with Crippen molar-refractivity contribution in [1.29, 1.82) is 0 Å². The van der Waals surface area contributed by atoms with Gasteiger partial charge >= 0.3 is 5.97 Å². The van der Waals surface area contributed by atoms with Crippen molar-refractivity contribution in [2.45, 2.75) is 25.7 Å². The summed E-state index contributed by atoms with van der Waals surface area (Å²) in [5.41, 5.74) is 3.03. The van der Waals surface area contributed by atoms with E-state index < -0.39 is 5.97 Å². The summed E-state index contributed by atoms with van der Waals surface area (Å²) in [4.78, 5) is 46.2. The predicted octanol–water partition coefficient (Wildman–Crippen LogP) is 3.50. The maximum atomic E-state index is 12.4. The number of aromatic nitrogens is 2. The van der Waals surface area contributed by atoms with Crippen LogP contribution >= 0.6 is 0 Å². The Kier molecular flexibility index (Phi) is 5.24. The first-order valence-electron chi connectivity index (χ1n) is 10.9. The minimum absolute atomic E-state index is 0.0116. The molecule has 5 rings (SSSR count). The summed E-state index contributed by atoms with van der Waals surface area (Å²) in [6, 6.07) is 7.40. The lowest BCUT2D eigenvalue weighted by Crippen LogP contribution is -2.23. The molecule has 2 aliphatic rings. The van der Waals surface area contributed by atoms with Crippen molar-refractivity contribution in [3.05, 3.63) is 36.0 Å². The predicted molar refractivity (Wildman–Crippen MR) is 122 cm³/mol. The van der Waals surface area contributed by atoms with E-state index in [0.717, 1.165) is 30.5 Å². The van der Waals surface area contributed by atoms with Crippen molar-refractivity contribution in [3.8, 4) is 17.0 Å². The van der Waals surface area contributed by atoms with Crippen molar-refractivity contribution in [1.82, 2.24) is 9.97 Å². The summed E-state index contributed by atoms with van der Waals surface area (Å²) in [6.07, 6.45) is 4.53. The Hall–Kier alpha value is -3.88. The zero-order chi connectivity index (χ0) is 23.1. The van der Waals surface area contributed by atoms with Crippen LogP contribution in [0.5, 0.6) is 5.75 Å². The van der Waals surface area contributed by atoms with Gasteiger partial charge in [0.15, 0.2) is 5.82 Å². The van der Waals surface area contributed by atoms with Crippen molar-refractivity contribution in [2.75, 3.05) is 31.0 Å². The van der Waals surface area contributed by atoms with Gasteiger partial charge < -0.3 is 24.7 Å². The number of hydrogen-bond acceptors (Lipinski definition) is 6. The van der Waals surface area contributed by atoms with Gasteiger partial charge in [0.05, 0.1) is 31.0 Å². The first kappa shape index (κ1) is 21.0. The number of benzene rings is 1. The molecule has 3 heterocycles. The van der Waals surface area contributed by atoms with Gasteiger partial charge in [-0.2, -0.15) is 0 Å². The number of ether oxygens (including phenoxy) is 2. The molecule has 9 nitrogen and oxygen atoms in total. The zero-order valence-electron chi connectivity index (χ0n) is 18.4. The fourth-order valence-corrected chi connectivity index (χ4v) is 4.19. The van der Waals surface area contributed by atoms with E-state index >= 15 is 0 Å². The molecule has 1 saturated heterocycles. The number of nitrogens with zero attached hydrogens (tertiary/aromatic N) is 2. The molecule has 2 fully saturated rings. The summed E-state index contributed by atoms with van der Waals surface area (Å²) in [6.45, 7) is 0.686. The van der Waals surface area contributed by atoms with Crippen LogP contribution in [-0.4, -0.2) is 48.5 Å². The first-order valence-corrected chi connectivity index (χ1v) is 10.9.